The van der Waals surface area contributed by atoms with E-state index in [1.807, 2.05) is 0 Å². The Kier molecular flexibility index (Phi) is 3.55. The van der Waals surface area contributed by atoms with E-state index in [4.69, 9.17) is 5.73 Å². The molecule has 2 rings (SSSR count). The molecule has 1 aromatic heterocycles. The van der Waals surface area contributed by atoms with Crippen molar-refractivity contribution in [2.45, 2.75) is 12.7 Å². The number of hydrogen-bond donors (Lipinski definition) is 2. The molecule has 19 heavy (non-hydrogen) atoms. The molecule has 0 aliphatic rings. The van der Waals surface area contributed by atoms with Crippen LogP contribution in [0.1, 0.15) is 11.1 Å². The summed E-state index contributed by atoms with van der Waals surface area (Å²) in [6.07, 6.45) is -3.00. The summed E-state index contributed by atoms with van der Waals surface area (Å²) in [5.41, 5.74) is 5.53. The molecule has 0 amide bonds. The van der Waals surface area contributed by atoms with Crippen molar-refractivity contribution in [2.75, 3.05) is 11.1 Å². The maximum absolute atomic E-state index is 12.4. The number of anilines is 2. The molecule has 4 nitrogen and oxygen atoms in total. The van der Waals surface area contributed by atoms with Crippen LogP contribution in [0.5, 0.6) is 0 Å². The number of aromatic nitrogens is 2. The summed E-state index contributed by atoms with van der Waals surface area (Å²) < 4.78 is 37.1. The number of hydrogen-bond acceptors (Lipinski definition) is 4. The number of nitrogens with zero attached hydrogens (tertiary/aromatic N) is 2. The van der Waals surface area contributed by atoms with Gasteiger partial charge in [0.2, 0.25) is 0 Å². The predicted molar refractivity (Wildman–Crippen MR) is 65.2 cm³/mol. The standard InChI is InChI=1S/C12H11F3N4/c13-12(14,15)9-3-1-8(2-4-9)6-17-11-5-10(16)18-7-19-11/h1-5,7H,6H2,(H3,16,17,18,19). The van der Waals surface area contributed by atoms with Crippen LogP contribution in [0.2, 0.25) is 0 Å². The van der Waals surface area contributed by atoms with Gasteiger partial charge in [0.25, 0.3) is 0 Å². The molecule has 0 aliphatic heterocycles. The maximum Gasteiger partial charge on any atom is 0.416 e. The lowest BCUT2D eigenvalue weighted by atomic mass is 10.1. The zero-order chi connectivity index (χ0) is 13.9. The number of benzene rings is 1. The SMILES string of the molecule is Nc1cc(NCc2ccc(C(F)(F)F)cc2)ncn1. The van der Waals surface area contributed by atoms with E-state index in [2.05, 4.69) is 15.3 Å². The van der Waals surface area contributed by atoms with E-state index in [-0.39, 0.29) is 0 Å². The van der Waals surface area contributed by atoms with Gasteiger partial charge in [-0.15, -0.1) is 0 Å². The number of rotatable bonds is 3. The molecule has 0 saturated carbocycles. The van der Waals surface area contributed by atoms with Gasteiger partial charge in [-0.05, 0) is 17.7 Å². The fraction of sp³-hybridized carbons (Fsp3) is 0.167. The molecule has 0 atom stereocenters. The smallest absolute Gasteiger partial charge is 0.384 e. The largest absolute Gasteiger partial charge is 0.416 e. The van der Waals surface area contributed by atoms with Gasteiger partial charge in [0, 0.05) is 12.6 Å². The van der Waals surface area contributed by atoms with Gasteiger partial charge in [0.05, 0.1) is 5.56 Å². The first kappa shape index (κ1) is 13.1. The van der Waals surface area contributed by atoms with Crippen molar-refractivity contribution in [2.24, 2.45) is 0 Å². The first-order chi connectivity index (χ1) is 8.95. The van der Waals surface area contributed by atoms with Crippen LogP contribution in [0, 0.1) is 0 Å². The van der Waals surface area contributed by atoms with Crippen LogP contribution in [0.15, 0.2) is 36.7 Å². The van der Waals surface area contributed by atoms with E-state index >= 15 is 0 Å². The Bertz CT molecular complexity index is 552. The number of halogens is 3. The Morgan fingerprint density at radius 2 is 1.79 bits per heavy atom. The summed E-state index contributed by atoms with van der Waals surface area (Å²) in [6, 6.07) is 6.47. The topological polar surface area (TPSA) is 63.8 Å². The molecule has 0 radical (unpaired) electrons. The van der Waals surface area contributed by atoms with Gasteiger partial charge in [-0.3, -0.25) is 0 Å². The molecule has 1 heterocycles. The highest BCUT2D eigenvalue weighted by atomic mass is 19.4. The molecule has 0 bridgehead atoms. The van der Waals surface area contributed by atoms with Crippen LogP contribution < -0.4 is 11.1 Å². The van der Waals surface area contributed by atoms with Crippen molar-refractivity contribution in [1.29, 1.82) is 0 Å². The average Bonchev–Trinajstić information content (AvgIpc) is 2.36. The van der Waals surface area contributed by atoms with Crippen LogP contribution in [0.3, 0.4) is 0 Å². The van der Waals surface area contributed by atoms with Crippen molar-refractivity contribution in [3.8, 4) is 0 Å². The van der Waals surface area contributed by atoms with Crippen LogP contribution in [-0.4, -0.2) is 9.97 Å². The minimum atomic E-state index is -4.31. The van der Waals surface area contributed by atoms with Crippen LogP contribution >= 0.6 is 0 Å². The van der Waals surface area contributed by atoms with Crippen molar-refractivity contribution in [3.63, 3.8) is 0 Å². The molecule has 0 aliphatic carbocycles. The Labute approximate surface area is 107 Å². The molecular weight excluding hydrogens is 257 g/mol. The summed E-state index contributed by atoms with van der Waals surface area (Å²) in [6.45, 7) is 0.356. The van der Waals surface area contributed by atoms with Crippen LogP contribution in [0.25, 0.3) is 0 Å². The van der Waals surface area contributed by atoms with Crippen molar-refractivity contribution in [3.05, 3.63) is 47.8 Å². The van der Waals surface area contributed by atoms with E-state index in [0.29, 0.717) is 23.7 Å². The number of nitrogens with one attached hydrogen (secondary N) is 1. The maximum atomic E-state index is 12.4. The van der Waals surface area contributed by atoms with Gasteiger partial charge in [-0.2, -0.15) is 13.2 Å². The Morgan fingerprint density at radius 3 is 2.37 bits per heavy atom. The molecule has 100 valence electrons. The zero-order valence-corrected chi connectivity index (χ0v) is 9.78. The highest BCUT2D eigenvalue weighted by molar-refractivity contribution is 5.43. The van der Waals surface area contributed by atoms with Gasteiger partial charge in [-0.25, -0.2) is 9.97 Å². The molecule has 0 fully saturated rings. The summed E-state index contributed by atoms with van der Waals surface area (Å²) in [7, 11) is 0. The summed E-state index contributed by atoms with van der Waals surface area (Å²) in [5.74, 6) is 0.845. The highest BCUT2D eigenvalue weighted by Crippen LogP contribution is 2.29. The molecule has 0 saturated heterocycles. The molecule has 2 aromatic rings. The summed E-state index contributed by atoms with van der Waals surface area (Å²) >= 11 is 0. The molecule has 7 heteroatoms. The molecule has 3 N–H and O–H groups in total. The average molecular weight is 268 g/mol. The van der Waals surface area contributed by atoms with Crippen LogP contribution in [-0.2, 0) is 12.7 Å². The van der Waals surface area contributed by atoms with Gasteiger partial charge in [-0.1, -0.05) is 12.1 Å². The lowest BCUT2D eigenvalue weighted by molar-refractivity contribution is -0.137. The predicted octanol–water partition coefficient (Wildman–Crippen LogP) is 2.69. The lowest BCUT2D eigenvalue weighted by Crippen LogP contribution is -2.06. The van der Waals surface area contributed by atoms with Crippen LogP contribution in [0.4, 0.5) is 24.8 Å². The van der Waals surface area contributed by atoms with Crippen molar-refractivity contribution in [1.82, 2.24) is 9.97 Å². The van der Waals surface area contributed by atoms with E-state index in [1.54, 1.807) is 6.07 Å². The van der Waals surface area contributed by atoms with Crippen molar-refractivity contribution < 1.29 is 13.2 Å². The van der Waals surface area contributed by atoms with Crippen molar-refractivity contribution >= 4 is 11.6 Å². The lowest BCUT2D eigenvalue weighted by Gasteiger charge is -2.09. The Morgan fingerprint density at radius 1 is 1.11 bits per heavy atom. The number of nitrogens with two attached hydrogens (primary N) is 1. The molecular formula is C12H11F3N4. The van der Waals surface area contributed by atoms with Gasteiger partial charge in [0.15, 0.2) is 0 Å². The summed E-state index contributed by atoms with van der Waals surface area (Å²) in [4.78, 5) is 7.66. The van der Waals surface area contributed by atoms with E-state index in [0.717, 1.165) is 12.1 Å². The first-order valence-corrected chi connectivity index (χ1v) is 5.43. The minimum absolute atomic E-state index is 0.324. The van der Waals surface area contributed by atoms with Gasteiger partial charge >= 0.3 is 6.18 Å². The third kappa shape index (κ3) is 3.57. The Balaban J connectivity index is 2.01. The third-order valence-corrected chi connectivity index (χ3v) is 2.44. The molecule has 0 spiro atoms. The first-order valence-electron chi connectivity index (χ1n) is 5.43. The second-order valence-corrected chi connectivity index (χ2v) is 3.88. The molecule has 0 unspecified atom stereocenters. The second kappa shape index (κ2) is 5.13. The monoisotopic (exact) mass is 268 g/mol. The molecule has 1 aromatic carbocycles. The quantitative estimate of drug-likeness (QED) is 0.898. The van der Waals surface area contributed by atoms with E-state index in [1.165, 1.54) is 18.5 Å². The fourth-order valence-corrected chi connectivity index (χ4v) is 1.47. The summed E-state index contributed by atoms with van der Waals surface area (Å²) in [5, 5.41) is 2.95. The zero-order valence-electron chi connectivity index (χ0n) is 9.78. The fourth-order valence-electron chi connectivity index (χ4n) is 1.47. The highest BCUT2D eigenvalue weighted by Gasteiger charge is 2.29. The third-order valence-electron chi connectivity index (χ3n) is 2.44. The second-order valence-electron chi connectivity index (χ2n) is 3.88. The van der Waals surface area contributed by atoms with Gasteiger partial charge < -0.3 is 11.1 Å². The van der Waals surface area contributed by atoms with Gasteiger partial charge in [0.1, 0.15) is 18.0 Å². The van der Waals surface area contributed by atoms with E-state index < -0.39 is 11.7 Å². The minimum Gasteiger partial charge on any atom is -0.384 e. The van der Waals surface area contributed by atoms with E-state index in [9.17, 15) is 13.2 Å². The Hall–Kier alpha value is -2.31. The number of nitrogen functional groups attached to an aromatic ring is 1. The number of alkyl halides is 3. The normalized spacial score (nSPS) is 11.3.